The maximum absolute atomic E-state index is 5.59. The van der Waals surface area contributed by atoms with Crippen LogP contribution < -0.4 is 0 Å². The van der Waals surface area contributed by atoms with E-state index in [0.717, 1.165) is 55.6 Å². The summed E-state index contributed by atoms with van der Waals surface area (Å²) in [6, 6.07) is 70.1. The van der Waals surface area contributed by atoms with E-state index < -0.39 is 0 Å². The molecular formula is C54H32N4. The van der Waals surface area contributed by atoms with Crippen LogP contribution in [0.5, 0.6) is 0 Å². The summed E-state index contributed by atoms with van der Waals surface area (Å²) in [5.41, 5.74) is 11.7. The lowest BCUT2D eigenvalue weighted by Crippen LogP contribution is -2.04. The third-order valence-electron chi connectivity index (χ3n) is 12.2. The van der Waals surface area contributed by atoms with Crippen molar-refractivity contribution in [1.82, 2.24) is 19.1 Å². The first-order valence-electron chi connectivity index (χ1n) is 19.8. The van der Waals surface area contributed by atoms with Crippen LogP contribution in [0.1, 0.15) is 0 Å². The molecule has 0 spiro atoms. The Labute approximate surface area is 332 Å². The smallest absolute Gasteiger partial charge is 0.165 e. The Balaban J connectivity index is 1.28. The van der Waals surface area contributed by atoms with Crippen LogP contribution in [0, 0.1) is 0 Å². The molecule has 0 saturated carbocycles. The van der Waals surface area contributed by atoms with Crippen LogP contribution in [-0.4, -0.2) is 19.1 Å². The summed E-state index contributed by atoms with van der Waals surface area (Å²) in [6.45, 7) is 0. The van der Waals surface area contributed by atoms with Crippen LogP contribution in [0.3, 0.4) is 0 Å². The van der Waals surface area contributed by atoms with Crippen LogP contribution >= 0.6 is 0 Å². The van der Waals surface area contributed by atoms with Gasteiger partial charge >= 0.3 is 0 Å². The molecule has 58 heavy (non-hydrogen) atoms. The molecule has 0 atom stereocenters. The van der Waals surface area contributed by atoms with Gasteiger partial charge < -0.3 is 4.57 Å². The van der Waals surface area contributed by atoms with Crippen molar-refractivity contribution < 1.29 is 0 Å². The second kappa shape index (κ2) is 11.8. The molecule has 0 saturated heterocycles. The van der Waals surface area contributed by atoms with Crippen molar-refractivity contribution in [2.45, 2.75) is 0 Å². The molecule has 13 rings (SSSR count). The second-order valence-electron chi connectivity index (χ2n) is 15.3. The SMILES string of the molecule is c1ccc(-c2cc3c4ccccc4c4cccc5c4c4c6c3c(c2)n(-c2ccccc2)c6ccc4n5-c2nc3ccc4ccccc4c3nc2-c2ccccc2)cc1. The van der Waals surface area contributed by atoms with E-state index >= 15 is 0 Å². The number of para-hydroxylation sites is 1. The summed E-state index contributed by atoms with van der Waals surface area (Å²) in [5, 5.41) is 12.1. The average molecular weight is 737 g/mol. The molecule has 0 N–H and O–H groups in total. The van der Waals surface area contributed by atoms with Gasteiger partial charge in [-0.25, -0.2) is 9.97 Å². The number of rotatable bonds is 4. The highest BCUT2D eigenvalue weighted by molar-refractivity contribution is 6.39. The highest BCUT2D eigenvalue weighted by Crippen LogP contribution is 2.49. The largest absolute Gasteiger partial charge is 0.309 e. The Morgan fingerprint density at radius 1 is 0.328 bits per heavy atom. The first-order chi connectivity index (χ1) is 28.8. The molecule has 3 aromatic heterocycles. The monoisotopic (exact) mass is 736 g/mol. The van der Waals surface area contributed by atoms with Crippen LogP contribution in [0.25, 0.3) is 121 Å². The lowest BCUT2D eigenvalue weighted by atomic mass is 9.92. The molecule has 0 aliphatic heterocycles. The topological polar surface area (TPSA) is 35.6 Å². The first-order valence-corrected chi connectivity index (χ1v) is 19.8. The maximum Gasteiger partial charge on any atom is 0.165 e. The van der Waals surface area contributed by atoms with Gasteiger partial charge in [0, 0.05) is 38.2 Å². The van der Waals surface area contributed by atoms with Gasteiger partial charge in [-0.3, -0.25) is 4.57 Å². The lowest BCUT2D eigenvalue weighted by molar-refractivity contribution is 1.08. The third-order valence-corrected chi connectivity index (χ3v) is 12.2. The van der Waals surface area contributed by atoms with Crippen LogP contribution in [-0.2, 0) is 0 Å². The van der Waals surface area contributed by atoms with Crippen LogP contribution in [0.15, 0.2) is 194 Å². The Bertz CT molecular complexity index is 3770. The Morgan fingerprint density at radius 2 is 0.914 bits per heavy atom. The molecule has 0 radical (unpaired) electrons. The molecule has 4 nitrogen and oxygen atoms in total. The maximum atomic E-state index is 5.59. The van der Waals surface area contributed by atoms with Crippen molar-refractivity contribution in [2.24, 2.45) is 0 Å². The van der Waals surface area contributed by atoms with Gasteiger partial charge in [-0.1, -0.05) is 146 Å². The van der Waals surface area contributed by atoms with E-state index in [1.807, 2.05) is 0 Å². The molecule has 0 aliphatic carbocycles. The summed E-state index contributed by atoms with van der Waals surface area (Å²) in [5.74, 6) is 0.816. The predicted molar refractivity (Wildman–Crippen MR) is 243 cm³/mol. The zero-order valence-electron chi connectivity index (χ0n) is 31.3. The molecule has 0 fully saturated rings. The highest BCUT2D eigenvalue weighted by Gasteiger charge is 2.27. The fourth-order valence-electron chi connectivity index (χ4n) is 9.77. The second-order valence-corrected chi connectivity index (χ2v) is 15.3. The van der Waals surface area contributed by atoms with Gasteiger partial charge in [0.25, 0.3) is 0 Å². The Kier molecular flexibility index (Phi) is 6.41. The van der Waals surface area contributed by atoms with E-state index in [0.29, 0.717) is 0 Å². The standard InChI is InChI=1S/C54H32N4/c1-4-15-33(16-5-1)36-31-42-40-24-13-12-23-39(40)41-25-14-26-44-48(41)51-46(30-29-45-50(51)49(42)47(32-36)57(45)37-20-8-3-9-21-37)58(44)54-52(35-18-6-2-7-19-35)56-53-38-22-11-10-17-34(38)27-28-43(53)55-54/h1-32H. The normalized spacial score (nSPS) is 12.1. The zero-order valence-corrected chi connectivity index (χ0v) is 31.3. The number of aromatic nitrogens is 4. The van der Waals surface area contributed by atoms with Crippen molar-refractivity contribution in [3.05, 3.63) is 194 Å². The van der Waals surface area contributed by atoms with Gasteiger partial charge in [-0.15, -0.1) is 0 Å². The number of hydrogen-bond acceptors (Lipinski definition) is 2. The molecule has 0 bridgehead atoms. The quantitative estimate of drug-likeness (QED) is 0.169. The summed E-state index contributed by atoms with van der Waals surface area (Å²) in [4.78, 5) is 11.1. The number of fused-ring (bicyclic) bond motifs is 6. The molecule has 0 unspecified atom stereocenters. The summed E-state index contributed by atoms with van der Waals surface area (Å²) in [6.07, 6.45) is 0. The van der Waals surface area contributed by atoms with Crippen LogP contribution in [0.2, 0.25) is 0 Å². The van der Waals surface area contributed by atoms with E-state index in [4.69, 9.17) is 9.97 Å². The molecule has 4 heteroatoms. The molecule has 13 aromatic rings. The van der Waals surface area contributed by atoms with E-state index in [9.17, 15) is 0 Å². The number of benzene rings is 9. The van der Waals surface area contributed by atoms with Gasteiger partial charge in [-0.2, -0.15) is 0 Å². The fraction of sp³-hybridized carbons (Fsp3) is 0. The lowest BCUT2D eigenvalue weighted by Gasteiger charge is -2.15. The molecule has 10 aromatic carbocycles. The van der Waals surface area contributed by atoms with Crippen molar-refractivity contribution in [3.63, 3.8) is 0 Å². The van der Waals surface area contributed by atoms with E-state index in [-0.39, 0.29) is 0 Å². The van der Waals surface area contributed by atoms with E-state index in [1.165, 1.54) is 65.3 Å². The van der Waals surface area contributed by atoms with Crippen molar-refractivity contribution in [3.8, 4) is 33.9 Å². The number of nitrogens with zero attached hydrogens (tertiary/aromatic N) is 4. The summed E-state index contributed by atoms with van der Waals surface area (Å²) in [7, 11) is 0. The molecule has 3 heterocycles. The van der Waals surface area contributed by atoms with Crippen LogP contribution in [0.4, 0.5) is 0 Å². The zero-order chi connectivity index (χ0) is 37.9. The number of hydrogen-bond donors (Lipinski definition) is 0. The predicted octanol–water partition coefficient (Wildman–Crippen LogP) is 14.1. The fourth-order valence-corrected chi connectivity index (χ4v) is 9.77. The molecule has 0 aliphatic rings. The Morgan fingerprint density at radius 3 is 1.67 bits per heavy atom. The average Bonchev–Trinajstić information content (AvgIpc) is 3.81. The third kappa shape index (κ3) is 4.29. The summed E-state index contributed by atoms with van der Waals surface area (Å²) >= 11 is 0. The minimum absolute atomic E-state index is 0.816. The van der Waals surface area contributed by atoms with Crippen molar-refractivity contribution >= 4 is 87.0 Å². The van der Waals surface area contributed by atoms with E-state index in [2.05, 4.69) is 203 Å². The minimum Gasteiger partial charge on any atom is -0.309 e. The summed E-state index contributed by atoms with van der Waals surface area (Å²) < 4.78 is 4.85. The molecule has 268 valence electrons. The van der Waals surface area contributed by atoms with Gasteiger partial charge in [0.1, 0.15) is 5.69 Å². The van der Waals surface area contributed by atoms with E-state index in [1.54, 1.807) is 0 Å². The minimum atomic E-state index is 0.816. The highest BCUT2D eigenvalue weighted by atomic mass is 15.1. The van der Waals surface area contributed by atoms with Crippen molar-refractivity contribution in [1.29, 1.82) is 0 Å². The first kappa shape index (κ1) is 31.4. The molecule has 0 amide bonds. The van der Waals surface area contributed by atoms with Gasteiger partial charge in [0.2, 0.25) is 0 Å². The Hall–Kier alpha value is -7.82. The van der Waals surface area contributed by atoms with Crippen molar-refractivity contribution in [2.75, 3.05) is 0 Å². The van der Waals surface area contributed by atoms with Gasteiger partial charge in [0.15, 0.2) is 5.82 Å². The molecular weight excluding hydrogens is 705 g/mol. The van der Waals surface area contributed by atoms with Gasteiger partial charge in [0.05, 0.1) is 33.1 Å². The van der Waals surface area contributed by atoms with Gasteiger partial charge in [-0.05, 0) is 86.6 Å².